The molecule has 0 atom stereocenters. The summed E-state index contributed by atoms with van der Waals surface area (Å²) in [6.07, 6.45) is 0. The number of benzene rings is 2. The predicted molar refractivity (Wildman–Crippen MR) is 112 cm³/mol. The van der Waals surface area contributed by atoms with Gasteiger partial charge in [-0.3, -0.25) is 4.79 Å². The molecule has 150 valence electrons. The molecule has 0 fully saturated rings. The number of hydrogen-bond donors (Lipinski definition) is 0. The molecule has 0 bridgehead atoms. The number of amides is 1. The Kier molecular flexibility index (Phi) is 6.34. The molecule has 29 heavy (non-hydrogen) atoms. The topological polar surface area (TPSA) is 64.4 Å². The summed E-state index contributed by atoms with van der Waals surface area (Å²) in [5.74, 6) is -1.01. The van der Waals surface area contributed by atoms with E-state index in [1.165, 1.54) is 4.90 Å². The van der Waals surface area contributed by atoms with Crippen LogP contribution in [0.4, 0.5) is 5.69 Å². The van der Waals surface area contributed by atoms with Crippen LogP contribution in [0, 0.1) is 13.8 Å². The highest BCUT2D eigenvalue weighted by Gasteiger charge is 2.23. The largest absolute Gasteiger partial charge is 0.452 e. The molecule has 0 aliphatic rings. The summed E-state index contributed by atoms with van der Waals surface area (Å²) in [6, 6.07) is 17.1. The predicted octanol–water partition coefficient (Wildman–Crippen LogP) is 4.02. The van der Waals surface area contributed by atoms with Gasteiger partial charge in [-0.25, -0.2) is 9.48 Å². The van der Waals surface area contributed by atoms with E-state index in [9.17, 15) is 9.59 Å². The van der Waals surface area contributed by atoms with Crippen LogP contribution >= 0.6 is 11.6 Å². The summed E-state index contributed by atoms with van der Waals surface area (Å²) >= 11 is 6.38. The van der Waals surface area contributed by atoms with Crippen molar-refractivity contribution < 1.29 is 14.3 Å². The first-order chi connectivity index (χ1) is 13.9. The zero-order chi connectivity index (χ0) is 21.0. The molecule has 6 nitrogen and oxygen atoms in total. The minimum atomic E-state index is -0.669. The van der Waals surface area contributed by atoms with Crippen LogP contribution in [0.25, 0.3) is 0 Å². The summed E-state index contributed by atoms with van der Waals surface area (Å²) in [4.78, 5) is 26.3. The van der Waals surface area contributed by atoms with Crippen LogP contribution in [0.15, 0.2) is 54.6 Å². The van der Waals surface area contributed by atoms with Crippen molar-refractivity contribution in [2.75, 3.05) is 18.6 Å². The minimum absolute atomic E-state index is 0.175. The Hall–Kier alpha value is -3.12. The molecule has 0 aliphatic heterocycles. The second-order valence-corrected chi connectivity index (χ2v) is 7.12. The van der Waals surface area contributed by atoms with E-state index in [4.69, 9.17) is 16.3 Å². The number of anilines is 1. The molecule has 1 amide bonds. The number of nitrogens with zero attached hydrogens (tertiary/aromatic N) is 3. The van der Waals surface area contributed by atoms with Crippen LogP contribution in [-0.4, -0.2) is 35.3 Å². The lowest BCUT2D eigenvalue weighted by molar-refractivity contribution is -0.121. The molecule has 3 rings (SSSR count). The van der Waals surface area contributed by atoms with Crippen LogP contribution in [0.5, 0.6) is 0 Å². The number of para-hydroxylation sites is 1. The number of halogens is 1. The summed E-state index contributed by atoms with van der Waals surface area (Å²) < 4.78 is 6.76. The van der Waals surface area contributed by atoms with Gasteiger partial charge in [0.05, 0.1) is 12.2 Å². The lowest BCUT2D eigenvalue weighted by Crippen LogP contribution is -2.31. The van der Waals surface area contributed by atoms with Gasteiger partial charge in [-0.15, -0.1) is 0 Å². The molecule has 0 saturated carbocycles. The number of esters is 1. The van der Waals surface area contributed by atoms with Crippen LogP contribution in [0.3, 0.4) is 0 Å². The van der Waals surface area contributed by atoms with E-state index in [0.29, 0.717) is 17.9 Å². The average molecular weight is 412 g/mol. The van der Waals surface area contributed by atoms with E-state index >= 15 is 0 Å². The van der Waals surface area contributed by atoms with Crippen molar-refractivity contribution in [3.8, 4) is 0 Å². The number of aromatic nitrogens is 2. The van der Waals surface area contributed by atoms with Crippen molar-refractivity contribution in [3.05, 3.63) is 82.1 Å². The number of likely N-dealkylation sites (N-methyl/N-ethyl adjacent to an activating group) is 1. The highest BCUT2D eigenvalue weighted by molar-refractivity contribution is 6.32. The number of aryl methyl sites for hydroxylation is 2. The van der Waals surface area contributed by atoms with Crippen molar-refractivity contribution in [2.45, 2.75) is 20.4 Å². The van der Waals surface area contributed by atoms with Gasteiger partial charge in [-0.05, 0) is 31.5 Å². The van der Waals surface area contributed by atoms with E-state index in [1.807, 2.05) is 49.4 Å². The molecule has 0 N–H and O–H groups in total. The van der Waals surface area contributed by atoms with Gasteiger partial charge in [-0.2, -0.15) is 5.10 Å². The van der Waals surface area contributed by atoms with Gasteiger partial charge >= 0.3 is 5.97 Å². The fourth-order valence-corrected chi connectivity index (χ4v) is 3.16. The van der Waals surface area contributed by atoms with Gasteiger partial charge < -0.3 is 9.64 Å². The van der Waals surface area contributed by atoms with Gasteiger partial charge in [0, 0.05) is 12.7 Å². The zero-order valence-corrected chi connectivity index (χ0v) is 17.3. The Morgan fingerprint density at radius 1 is 1.07 bits per heavy atom. The highest BCUT2D eigenvalue weighted by atomic mass is 35.5. The van der Waals surface area contributed by atoms with E-state index in [0.717, 1.165) is 11.1 Å². The molecule has 0 saturated heterocycles. The molecular weight excluding hydrogens is 390 g/mol. The smallest absolute Gasteiger partial charge is 0.343 e. The van der Waals surface area contributed by atoms with Crippen molar-refractivity contribution >= 4 is 29.2 Å². The monoisotopic (exact) mass is 411 g/mol. The minimum Gasteiger partial charge on any atom is -0.452 e. The molecule has 2 aromatic carbocycles. The van der Waals surface area contributed by atoms with Crippen molar-refractivity contribution in [2.24, 2.45) is 0 Å². The van der Waals surface area contributed by atoms with Gasteiger partial charge in [0.1, 0.15) is 10.7 Å². The Labute approximate surface area is 174 Å². The first-order valence-corrected chi connectivity index (χ1v) is 9.52. The Morgan fingerprint density at radius 3 is 2.38 bits per heavy atom. The second-order valence-electron chi connectivity index (χ2n) is 6.76. The van der Waals surface area contributed by atoms with E-state index in [2.05, 4.69) is 5.10 Å². The van der Waals surface area contributed by atoms with Crippen LogP contribution in [0.1, 0.15) is 27.2 Å². The van der Waals surface area contributed by atoms with E-state index in [-0.39, 0.29) is 23.2 Å². The van der Waals surface area contributed by atoms with Gasteiger partial charge in [0.15, 0.2) is 6.61 Å². The maximum absolute atomic E-state index is 12.5. The molecule has 0 radical (unpaired) electrons. The maximum atomic E-state index is 12.5. The molecule has 1 aromatic heterocycles. The summed E-state index contributed by atoms with van der Waals surface area (Å²) in [7, 11) is 1.63. The number of rotatable bonds is 6. The molecule has 3 aromatic rings. The lowest BCUT2D eigenvalue weighted by atomic mass is 10.1. The van der Waals surface area contributed by atoms with Crippen molar-refractivity contribution in [1.82, 2.24) is 9.78 Å². The fourth-order valence-electron chi connectivity index (χ4n) is 2.85. The fraction of sp³-hybridized carbons (Fsp3) is 0.227. The Balaban J connectivity index is 1.67. The number of carbonyl (C=O) groups is 2. The Bertz CT molecular complexity index is 1010. The third-order valence-corrected chi connectivity index (χ3v) is 4.95. The SMILES string of the molecule is Cc1ccc(Cn2nc(C)c(C(=O)OCC(=O)N(C)c3ccccc3)c2Cl)cc1. The van der Waals surface area contributed by atoms with Gasteiger partial charge in [-0.1, -0.05) is 59.6 Å². The van der Waals surface area contributed by atoms with Crippen LogP contribution in [-0.2, 0) is 16.1 Å². The first-order valence-electron chi connectivity index (χ1n) is 9.14. The summed E-state index contributed by atoms with van der Waals surface area (Å²) in [5.41, 5.74) is 3.52. The molecular formula is C22H22ClN3O3. The Morgan fingerprint density at radius 2 is 1.72 bits per heavy atom. The third kappa shape index (κ3) is 4.84. The first kappa shape index (κ1) is 20.6. The summed E-state index contributed by atoms with van der Waals surface area (Å²) in [5, 5.41) is 4.54. The van der Waals surface area contributed by atoms with E-state index < -0.39 is 5.97 Å². The quantitative estimate of drug-likeness (QED) is 0.574. The third-order valence-electron chi connectivity index (χ3n) is 4.57. The molecule has 0 spiro atoms. The zero-order valence-electron chi connectivity index (χ0n) is 16.6. The van der Waals surface area contributed by atoms with Gasteiger partial charge in [0.2, 0.25) is 0 Å². The molecule has 1 heterocycles. The number of carbonyl (C=O) groups excluding carboxylic acids is 2. The van der Waals surface area contributed by atoms with Gasteiger partial charge in [0.25, 0.3) is 5.91 Å². The lowest BCUT2D eigenvalue weighted by Gasteiger charge is -2.17. The number of ether oxygens (including phenoxy) is 1. The normalized spacial score (nSPS) is 10.6. The summed E-state index contributed by atoms with van der Waals surface area (Å²) in [6.45, 7) is 3.75. The van der Waals surface area contributed by atoms with Crippen LogP contribution < -0.4 is 4.90 Å². The molecule has 7 heteroatoms. The molecule has 0 unspecified atom stereocenters. The average Bonchev–Trinajstić information content (AvgIpc) is 3.00. The number of hydrogen-bond acceptors (Lipinski definition) is 4. The van der Waals surface area contributed by atoms with Crippen LogP contribution in [0.2, 0.25) is 5.15 Å². The van der Waals surface area contributed by atoms with E-state index in [1.54, 1.807) is 30.8 Å². The standard InChI is InChI=1S/C22H22ClN3O3/c1-15-9-11-17(12-10-15)13-26-21(23)20(16(2)24-26)22(28)29-14-19(27)25(3)18-7-5-4-6-8-18/h4-12H,13-14H2,1-3H3. The maximum Gasteiger partial charge on any atom is 0.343 e. The van der Waals surface area contributed by atoms with Crippen molar-refractivity contribution in [3.63, 3.8) is 0 Å². The molecule has 0 aliphatic carbocycles. The van der Waals surface area contributed by atoms with Crippen molar-refractivity contribution in [1.29, 1.82) is 0 Å². The second kappa shape index (κ2) is 8.92. The highest BCUT2D eigenvalue weighted by Crippen LogP contribution is 2.22.